The second kappa shape index (κ2) is 7.20. The van der Waals surface area contributed by atoms with E-state index in [0.29, 0.717) is 22.5 Å². The van der Waals surface area contributed by atoms with Gasteiger partial charge in [-0.2, -0.15) is 0 Å². The summed E-state index contributed by atoms with van der Waals surface area (Å²) in [4.78, 5) is 4.23. The number of anilines is 1. The van der Waals surface area contributed by atoms with Gasteiger partial charge in [0.2, 0.25) is 0 Å². The molecule has 2 rings (SSSR count). The van der Waals surface area contributed by atoms with Crippen molar-refractivity contribution in [1.82, 2.24) is 10.3 Å². The molecular formula is C15H15BrClN3S. The van der Waals surface area contributed by atoms with Crippen LogP contribution in [0.4, 0.5) is 5.82 Å². The van der Waals surface area contributed by atoms with E-state index in [1.54, 1.807) is 6.20 Å². The number of aryl methyl sites for hydroxylation is 1. The van der Waals surface area contributed by atoms with Gasteiger partial charge in [0.05, 0.1) is 5.02 Å². The van der Waals surface area contributed by atoms with Crippen LogP contribution in [-0.2, 0) is 6.54 Å². The van der Waals surface area contributed by atoms with Gasteiger partial charge < -0.3 is 10.6 Å². The Labute approximate surface area is 143 Å². The minimum absolute atomic E-state index is 0.492. The van der Waals surface area contributed by atoms with Gasteiger partial charge in [-0.05, 0) is 53.1 Å². The predicted molar refractivity (Wildman–Crippen MR) is 95.9 cm³/mol. The Balaban J connectivity index is 1.96. The largest absolute Gasteiger partial charge is 0.358 e. The van der Waals surface area contributed by atoms with Crippen LogP contribution in [0.5, 0.6) is 0 Å². The van der Waals surface area contributed by atoms with Crippen molar-refractivity contribution in [3.8, 4) is 0 Å². The summed E-state index contributed by atoms with van der Waals surface area (Å²) in [6, 6.07) is 8.29. The molecule has 0 aliphatic heterocycles. The first-order valence-corrected chi connectivity index (χ1v) is 7.96. The molecule has 0 amide bonds. The molecule has 1 heterocycles. The zero-order valence-corrected chi connectivity index (χ0v) is 14.9. The van der Waals surface area contributed by atoms with E-state index >= 15 is 0 Å². The summed E-state index contributed by atoms with van der Waals surface area (Å²) in [6.07, 6.45) is 1.70. The number of aromatic nitrogens is 1. The Hall–Kier alpha value is -1.17. The molecule has 0 saturated carbocycles. The molecule has 0 saturated heterocycles. The first-order chi connectivity index (χ1) is 9.97. The molecule has 0 bridgehead atoms. The van der Waals surface area contributed by atoms with Gasteiger partial charge in [0.1, 0.15) is 0 Å². The molecule has 3 nitrogen and oxygen atoms in total. The minimum atomic E-state index is 0.492. The highest BCUT2D eigenvalue weighted by Gasteiger charge is 2.09. The highest BCUT2D eigenvalue weighted by Crippen LogP contribution is 2.28. The van der Waals surface area contributed by atoms with E-state index in [0.717, 1.165) is 15.6 Å². The molecule has 0 aliphatic rings. The number of halogens is 2. The lowest BCUT2D eigenvalue weighted by atomic mass is 10.1. The topological polar surface area (TPSA) is 37.0 Å². The second-order valence-electron chi connectivity index (χ2n) is 4.69. The number of benzene rings is 1. The van der Waals surface area contributed by atoms with Crippen molar-refractivity contribution in [2.75, 3.05) is 5.32 Å². The Kier molecular flexibility index (Phi) is 5.56. The number of hydrogen-bond acceptors (Lipinski definition) is 2. The summed E-state index contributed by atoms with van der Waals surface area (Å²) in [5.41, 5.74) is 3.33. The van der Waals surface area contributed by atoms with Gasteiger partial charge >= 0.3 is 0 Å². The Morgan fingerprint density at radius 3 is 2.62 bits per heavy atom. The summed E-state index contributed by atoms with van der Waals surface area (Å²) < 4.78 is 0.872. The van der Waals surface area contributed by atoms with Crippen molar-refractivity contribution in [3.05, 3.63) is 56.6 Å². The standard InChI is InChI=1S/C15H15BrClN3S/c1-9-3-5-11(6-4-9)7-19-15(21)20-14-13(17)10(2)12(16)8-18-14/h3-6,8H,7H2,1-2H3,(H2,18,19,20,21). The van der Waals surface area contributed by atoms with E-state index in [1.165, 1.54) is 5.56 Å². The number of pyridine rings is 1. The van der Waals surface area contributed by atoms with Crippen molar-refractivity contribution in [1.29, 1.82) is 0 Å². The SMILES string of the molecule is Cc1ccc(CNC(=S)Nc2ncc(Br)c(C)c2Cl)cc1. The van der Waals surface area contributed by atoms with Crippen LogP contribution in [0.2, 0.25) is 5.02 Å². The monoisotopic (exact) mass is 383 g/mol. The molecule has 21 heavy (non-hydrogen) atoms. The van der Waals surface area contributed by atoms with Gasteiger partial charge in [0, 0.05) is 17.2 Å². The minimum Gasteiger partial charge on any atom is -0.358 e. The first kappa shape index (κ1) is 16.2. The van der Waals surface area contributed by atoms with Crippen LogP contribution in [-0.4, -0.2) is 10.1 Å². The van der Waals surface area contributed by atoms with Gasteiger partial charge in [-0.25, -0.2) is 4.98 Å². The van der Waals surface area contributed by atoms with Gasteiger partial charge in [-0.15, -0.1) is 0 Å². The van der Waals surface area contributed by atoms with E-state index in [4.69, 9.17) is 23.8 Å². The number of hydrogen-bond donors (Lipinski definition) is 2. The predicted octanol–water partition coefficient (Wildman–Crippen LogP) is 4.60. The third kappa shape index (κ3) is 4.40. The molecule has 1 aromatic carbocycles. The maximum absolute atomic E-state index is 6.23. The number of thiocarbonyl (C=S) groups is 1. The molecule has 1 aromatic heterocycles. The van der Waals surface area contributed by atoms with Crippen LogP contribution >= 0.6 is 39.7 Å². The van der Waals surface area contributed by atoms with E-state index in [2.05, 4.69) is 62.7 Å². The summed E-state index contributed by atoms with van der Waals surface area (Å²) in [5, 5.41) is 7.21. The molecule has 0 fully saturated rings. The number of nitrogens with one attached hydrogen (secondary N) is 2. The summed E-state index contributed by atoms with van der Waals surface area (Å²) in [5.74, 6) is 0.554. The molecule has 0 aliphatic carbocycles. The maximum Gasteiger partial charge on any atom is 0.172 e. The van der Waals surface area contributed by atoms with Gasteiger partial charge in [0.25, 0.3) is 0 Å². The third-order valence-corrected chi connectivity index (χ3v) is 4.52. The fourth-order valence-corrected chi connectivity index (χ4v) is 2.47. The molecule has 2 aromatic rings. The van der Waals surface area contributed by atoms with Crippen molar-refractivity contribution in [2.24, 2.45) is 0 Å². The molecular weight excluding hydrogens is 370 g/mol. The quantitative estimate of drug-likeness (QED) is 0.758. The summed E-state index contributed by atoms with van der Waals surface area (Å²) in [7, 11) is 0. The Morgan fingerprint density at radius 1 is 1.29 bits per heavy atom. The Bertz CT molecular complexity index is 659. The Morgan fingerprint density at radius 2 is 1.95 bits per heavy atom. The van der Waals surface area contributed by atoms with E-state index in [-0.39, 0.29) is 0 Å². The van der Waals surface area contributed by atoms with Crippen LogP contribution in [0.15, 0.2) is 34.9 Å². The maximum atomic E-state index is 6.23. The fraction of sp³-hybridized carbons (Fsp3) is 0.200. The van der Waals surface area contributed by atoms with Crippen molar-refractivity contribution in [2.45, 2.75) is 20.4 Å². The van der Waals surface area contributed by atoms with Crippen LogP contribution in [0.3, 0.4) is 0 Å². The van der Waals surface area contributed by atoms with Crippen molar-refractivity contribution in [3.63, 3.8) is 0 Å². The fourth-order valence-electron chi connectivity index (χ4n) is 1.68. The summed E-state index contributed by atoms with van der Waals surface area (Å²) in [6.45, 7) is 4.63. The molecule has 2 N–H and O–H groups in total. The molecule has 110 valence electrons. The van der Waals surface area contributed by atoms with Gasteiger partial charge in [0.15, 0.2) is 10.9 Å². The third-order valence-electron chi connectivity index (χ3n) is 3.01. The van der Waals surface area contributed by atoms with Crippen molar-refractivity contribution >= 4 is 50.7 Å². The van der Waals surface area contributed by atoms with Crippen LogP contribution in [0.25, 0.3) is 0 Å². The molecule has 0 unspecified atom stereocenters. The zero-order chi connectivity index (χ0) is 15.4. The number of rotatable bonds is 3. The zero-order valence-electron chi connectivity index (χ0n) is 11.7. The van der Waals surface area contributed by atoms with Gasteiger partial charge in [-0.3, -0.25) is 0 Å². The van der Waals surface area contributed by atoms with E-state index in [9.17, 15) is 0 Å². The van der Waals surface area contributed by atoms with Crippen LogP contribution in [0.1, 0.15) is 16.7 Å². The molecule has 6 heteroatoms. The lowest BCUT2D eigenvalue weighted by Gasteiger charge is -2.12. The first-order valence-electron chi connectivity index (χ1n) is 6.38. The lowest BCUT2D eigenvalue weighted by Crippen LogP contribution is -2.28. The highest BCUT2D eigenvalue weighted by molar-refractivity contribution is 9.10. The molecule has 0 atom stereocenters. The summed E-state index contributed by atoms with van der Waals surface area (Å²) >= 11 is 14.9. The lowest BCUT2D eigenvalue weighted by molar-refractivity contribution is 0.924. The normalized spacial score (nSPS) is 10.3. The van der Waals surface area contributed by atoms with E-state index < -0.39 is 0 Å². The van der Waals surface area contributed by atoms with E-state index in [1.807, 2.05) is 6.92 Å². The molecule has 0 spiro atoms. The smallest absolute Gasteiger partial charge is 0.172 e. The van der Waals surface area contributed by atoms with Crippen molar-refractivity contribution < 1.29 is 0 Å². The second-order valence-corrected chi connectivity index (χ2v) is 6.33. The highest BCUT2D eigenvalue weighted by atomic mass is 79.9. The van der Waals surface area contributed by atoms with Crippen LogP contribution in [0, 0.1) is 13.8 Å². The average Bonchev–Trinajstić information content (AvgIpc) is 2.47. The van der Waals surface area contributed by atoms with Gasteiger partial charge in [-0.1, -0.05) is 41.4 Å². The molecule has 0 radical (unpaired) electrons. The number of nitrogens with zero attached hydrogens (tertiary/aromatic N) is 1. The average molecular weight is 385 g/mol. The van der Waals surface area contributed by atoms with Crippen LogP contribution < -0.4 is 10.6 Å².